The van der Waals surface area contributed by atoms with Gasteiger partial charge < -0.3 is 75.0 Å². The van der Waals surface area contributed by atoms with E-state index in [1.165, 1.54) is 0 Å². The summed E-state index contributed by atoms with van der Waals surface area (Å²) in [6, 6.07) is 1.12. The Balaban J connectivity index is 1.60. The maximum Gasteiger partial charge on any atom is 0.407 e. The Hall–Kier alpha value is -4.48. The maximum atomic E-state index is 13.9. The molecule has 0 saturated heterocycles. The van der Waals surface area contributed by atoms with Crippen molar-refractivity contribution in [2.24, 2.45) is 32.5 Å². The van der Waals surface area contributed by atoms with Crippen molar-refractivity contribution in [2.45, 2.75) is 287 Å². The van der Waals surface area contributed by atoms with Crippen LogP contribution in [0.15, 0.2) is 25.3 Å². The van der Waals surface area contributed by atoms with E-state index in [1.54, 1.807) is 0 Å². The van der Waals surface area contributed by atoms with E-state index in [-0.39, 0.29) is 123 Å². The largest absolute Gasteiger partial charge is 0.462 e. The number of amides is 3. The summed E-state index contributed by atoms with van der Waals surface area (Å²) < 4.78 is 76.8. The van der Waals surface area contributed by atoms with E-state index in [0.717, 1.165) is 56.3 Å². The van der Waals surface area contributed by atoms with E-state index in [9.17, 15) is 38.4 Å². The Labute approximate surface area is 604 Å². The average molecular weight is 1500 g/mol. The maximum absolute atomic E-state index is 13.9. The summed E-state index contributed by atoms with van der Waals surface area (Å²) in [6.45, 7) is 48.9. The van der Waals surface area contributed by atoms with Gasteiger partial charge >= 0.3 is 73.8 Å². The van der Waals surface area contributed by atoms with Crippen LogP contribution in [0.5, 0.6) is 0 Å². The van der Waals surface area contributed by atoms with Crippen molar-refractivity contribution in [1.82, 2.24) is 16.0 Å². The minimum atomic E-state index is -2.67. The lowest BCUT2D eigenvalue weighted by Gasteiger charge is -2.46. The van der Waals surface area contributed by atoms with E-state index in [0.29, 0.717) is 70.8 Å². The van der Waals surface area contributed by atoms with Crippen molar-refractivity contribution in [3.63, 3.8) is 0 Å². The number of carbonyl (C=O) groups excluding carboxylic acids is 8. The minimum Gasteiger partial charge on any atom is -0.462 e. The SMILES string of the molecule is C=CC(=O)OCCOC(=O)CCC1(C)CC(NC(=O)OCCOC(=O)CCC2(C)CC(NC(=O)OCC(COCCC[Si](C)(C)O[Si](C)(C)O[Si](C)(C)O[Si](C)(C)O[Si](C)(C)CCCC)OC(=O)CCC3(C)CC(NC(=O)OCCOC(=O)C=C)CC(C)(C)C3)CC(C)(C)C2)CC(C)(C)C1. The number of hydrogen-bond donors (Lipinski definition) is 3. The second-order valence-corrected chi connectivity index (χ2v) is 54.0. The molecule has 0 heterocycles. The Bertz CT molecular complexity index is 2690. The van der Waals surface area contributed by atoms with Crippen LogP contribution in [0.25, 0.3) is 0 Å². The summed E-state index contributed by atoms with van der Waals surface area (Å²) in [5, 5.41) is 9.03. The lowest BCUT2D eigenvalue weighted by atomic mass is 9.61. The minimum absolute atomic E-state index is 0.0274. The number of ether oxygens (including phenoxy) is 9. The van der Waals surface area contributed by atoms with Crippen LogP contribution in [0.4, 0.5) is 14.4 Å². The smallest absolute Gasteiger partial charge is 0.407 e. The van der Waals surface area contributed by atoms with Gasteiger partial charge in [-0.1, -0.05) is 95.2 Å². The summed E-state index contributed by atoms with van der Waals surface area (Å²) in [6.07, 6.45) is 10.3. The highest BCUT2D eigenvalue weighted by Gasteiger charge is 2.48. The van der Waals surface area contributed by atoms with Crippen LogP contribution in [-0.2, 0) is 83.1 Å². The Morgan fingerprint density at radius 3 is 1.12 bits per heavy atom. The monoisotopic (exact) mass is 1500 g/mol. The first-order chi connectivity index (χ1) is 46.0. The highest BCUT2D eigenvalue weighted by atomic mass is 28.5. The third kappa shape index (κ3) is 37.8. The van der Waals surface area contributed by atoms with Crippen molar-refractivity contribution in [2.75, 3.05) is 59.5 Å². The van der Waals surface area contributed by atoms with E-state index in [1.807, 2.05) is 0 Å². The standard InChI is InChI=1S/C71H131N3O21Si5/c1-23-26-41-96(13,14)92-98(17,18)94-100(21,22)95-99(19,20)93-97(15,16)42-27-34-83-49-57(91-62(79)30-33-71(12)47-55(44-67(6,7)53-71)73-63(80)88-39-37-85-59(76)25-3)50-90-65(82)74-56-45-68(8,9)52-70(11,48-56)32-29-61(78)87-38-40-89-64(81)72-54-43-66(4,5)51-69(10,46-54)31-28-60(77)86-36-35-84-58(75)24-2/h24-25,54-57H,2-3,23,26-53H2,1,4-22H3,(H,72,81)(H,73,80)(H,74,82). The lowest BCUT2D eigenvalue weighted by molar-refractivity contribution is -0.156. The van der Waals surface area contributed by atoms with E-state index < -0.39 is 96.5 Å². The predicted molar refractivity (Wildman–Crippen MR) is 396 cm³/mol. The third-order valence-corrected chi connectivity index (χ3v) is 37.7. The van der Waals surface area contributed by atoms with Crippen LogP contribution >= 0.6 is 0 Å². The molecule has 3 aliphatic rings. The van der Waals surface area contributed by atoms with Gasteiger partial charge in [0.2, 0.25) is 0 Å². The second-order valence-electron chi connectivity index (χ2n) is 34.3. The molecule has 0 radical (unpaired) electrons. The second kappa shape index (κ2) is 39.6. The molecule has 0 aromatic heterocycles. The lowest BCUT2D eigenvalue weighted by Crippen LogP contribution is -2.58. The number of esters is 5. The fourth-order valence-corrected chi connectivity index (χ4v) is 41.1. The van der Waals surface area contributed by atoms with Crippen LogP contribution in [0.2, 0.25) is 77.6 Å². The molecule has 3 rings (SSSR count). The molecular formula is C71H131N3O21Si5. The molecule has 3 N–H and O–H groups in total. The summed E-state index contributed by atoms with van der Waals surface area (Å²) >= 11 is 0. The van der Waals surface area contributed by atoms with E-state index in [4.69, 9.17) is 59.1 Å². The molecule has 3 fully saturated rings. The van der Waals surface area contributed by atoms with Gasteiger partial charge in [-0.2, -0.15) is 0 Å². The Morgan fingerprint density at radius 1 is 0.420 bits per heavy atom. The molecule has 0 aliphatic heterocycles. The molecule has 7 unspecified atom stereocenters. The van der Waals surface area contributed by atoms with Gasteiger partial charge in [0.25, 0.3) is 0 Å². The number of alkyl carbamates (subject to hydrolysis) is 3. The highest BCUT2D eigenvalue weighted by Crippen LogP contribution is 2.51. The molecule has 24 nitrogen and oxygen atoms in total. The van der Waals surface area contributed by atoms with E-state index >= 15 is 0 Å². The zero-order chi connectivity index (χ0) is 75.7. The highest BCUT2D eigenvalue weighted by molar-refractivity contribution is 6.90. The Morgan fingerprint density at radius 2 is 0.750 bits per heavy atom. The average Bonchev–Trinajstić information content (AvgIpc) is 0.818. The normalized spacial score (nSPS) is 23.3. The molecule has 100 heavy (non-hydrogen) atoms. The molecule has 29 heteroatoms. The van der Waals surface area contributed by atoms with Gasteiger partial charge in [-0.15, -0.1) is 0 Å². The number of nitrogens with one attached hydrogen (secondary N) is 3. The molecule has 3 saturated carbocycles. The first-order valence-corrected chi connectivity index (χ1v) is 51.0. The molecule has 576 valence electrons. The van der Waals surface area contributed by atoms with Gasteiger partial charge in [0.15, 0.2) is 22.7 Å². The van der Waals surface area contributed by atoms with Gasteiger partial charge in [0.05, 0.1) is 6.61 Å². The molecule has 0 aromatic carbocycles. The summed E-state index contributed by atoms with van der Waals surface area (Å²) in [4.78, 5) is 102. The predicted octanol–water partition coefficient (Wildman–Crippen LogP) is 14.5. The zero-order valence-electron chi connectivity index (χ0n) is 65.0. The molecule has 3 aliphatic carbocycles. The topological polar surface area (TPSA) is 293 Å². The fourth-order valence-electron chi connectivity index (χ4n) is 16.4. The Kier molecular flexibility index (Phi) is 35.5. The van der Waals surface area contributed by atoms with Crippen LogP contribution in [0, 0.1) is 32.5 Å². The molecule has 0 bridgehead atoms. The zero-order valence-corrected chi connectivity index (χ0v) is 70.0. The van der Waals surface area contributed by atoms with Gasteiger partial charge in [-0.05, 0) is 194 Å². The van der Waals surface area contributed by atoms with Crippen molar-refractivity contribution < 1.29 is 97.4 Å². The first kappa shape index (κ1) is 89.7. The first-order valence-electron chi connectivity index (χ1n) is 36.3. The van der Waals surface area contributed by atoms with Crippen LogP contribution in [-0.4, -0.2) is 174 Å². The molecule has 0 aromatic rings. The number of unbranched alkanes of at least 4 members (excludes halogenated alkanes) is 1. The van der Waals surface area contributed by atoms with Crippen LogP contribution in [0.3, 0.4) is 0 Å². The molecule has 3 amide bonds. The number of carbonyl (C=O) groups is 8. The quantitative estimate of drug-likeness (QED) is 0.0168. The summed E-state index contributed by atoms with van der Waals surface area (Å²) in [5.74, 6) is -2.50. The van der Waals surface area contributed by atoms with Gasteiger partial charge in [-0.25, -0.2) is 24.0 Å². The molecular weight excluding hydrogens is 1370 g/mol. The van der Waals surface area contributed by atoms with Gasteiger partial charge in [0, 0.05) is 56.1 Å². The van der Waals surface area contributed by atoms with Crippen LogP contribution in [0.1, 0.15) is 185 Å². The number of rotatable bonds is 43. The van der Waals surface area contributed by atoms with Crippen molar-refractivity contribution >= 4 is 90.4 Å². The fraction of sp³-hybridized carbons (Fsp3) is 0.831. The van der Waals surface area contributed by atoms with Gasteiger partial charge in [0.1, 0.15) is 46.2 Å². The number of hydrogen-bond acceptors (Lipinski definition) is 21. The van der Waals surface area contributed by atoms with Gasteiger partial charge in [-0.3, -0.25) is 14.4 Å². The van der Waals surface area contributed by atoms with Crippen LogP contribution < -0.4 is 16.0 Å². The summed E-state index contributed by atoms with van der Waals surface area (Å²) in [7, 11) is -12.0. The van der Waals surface area contributed by atoms with Crippen molar-refractivity contribution in [3.8, 4) is 0 Å². The van der Waals surface area contributed by atoms with Crippen molar-refractivity contribution in [1.29, 1.82) is 0 Å². The van der Waals surface area contributed by atoms with E-state index in [2.05, 4.69) is 164 Å². The third-order valence-electron chi connectivity index (χ3n) is 18.4. The summed E-state index contributed by atoms with van der Waals surface area (Å²) in [5.41, 5.74) is -1.51. The van der Waals surface area contributed by atoms with Crippen molar-refractivity contribution in [3.05, 3.63) is 25.3 Å². The molecule has 7 atom stereocenters. The molecule has 0 spiro atoms.